The topological polar surface area (TPSA) is 51.5 Å². The maximum Gasteiger partial charge on any atom is 0.293 e. The molecule has 7 heteroatoms. The van der Waals surface area contributed by atoms with Crippen LogP contribution in [0.2, 0.25) is 5.02 Å². The molecule has 0 atom stereocenters. The number of nitrogens with zero attached hydrogens (tertiary/aromatic N) is 2. The Hall–Kier alpha value is -2.70. The average Bonchev–Trinajstić information content (AvgIpc) is 3.20. The summed E-state index contributed by atoms with van der Waals surface area (Å²) in [5, 5.41) is 1.48. The van der Waals surface area contributed by atoms with Crippen molar-refractivity contribution >= 4 is 51.5 Å². The number of fused-ring (bicyclic) bond motifs is 1. The summed E-state index contributed by atoms with van der Waals surface area (Å²) < 4.78 is 7.91. The van der Waals surface area contributed by atoms with Gasteiger partial charge in [-0.1, -0.05) is 29.8 Å². The lowest BCUT2D eigenvalue weighted by molar-refractivity contribution is -0.122. The first-order valence-corrected chi connectivity index (χ1v) is 10.5. The van der Waals surface area contributed by atoms with Crippen LogP contribution in [0.1, 0.15) is 12.5 Å². The van der Waals surface area contributed by atoms with Gasteiger partial charge in [-0.2, -0.15) is 0 Å². The molecule has 3 aromatic rings. The van der Waals surface area contributed by atoms with E-state index in [4.69, 9.17) is 16.3 Å². The summed E-state index contributed by atoms with van der Waals surface area (Å²) in [5.74, 6) is 0.532. The molecular weight excluding hydrogens is 408 g/mol. The van der Waals surface area contributed by atoms with Gasteiger partial charge >= 0.3 is 0 Å². The molecule has 1 aliphatic heterocycles. The fourth-order valence-electron chi connectivity index (χ4n) is 3.28. The maximum absolute atomic E-state index is 12.4. The normalized spacial score (nSPS) is 15.7. The predicted octanol–water partition coefficient (Wildman–Crippen LogP) is 5.43. The van der Waals surface area contributed by atoms with Gasteiger partial charge in [-0.05, 0) is 55.1 Å². The fourth-order valence-corrected chi connectivity index (χ4v) is 4.30. The number of likely N-dealkylation sites (N-methyl/N-ethyl adjacent to an activating group) is 1. The molecular formula is C22H19ClN2O3S. The Balaban J connectivity index is 1.57. The van der Waals surface area contributed by atoms with Crippen molar-refractivity contribution in [2.75, 3.05) is 13.2 Å². The number of hydrogen-bond acceptors (Lipinski definition) is 4. The zero-order valence-electron chi connectivity index (χ0n) is 15.8. The first-order valence-electron chi connectivity index (χ1n) is 9.28. The summed E-state index contributed by atoms with van der Waals surface area (Å²) in [6.07, 6.45) is 3.80. The Morgan fingerprint density at radius 2 is 1.86 bits per heavy atom. The summed E-state index contributed by atoms with van der Waals surface area (Å²) in [7, 11) is 0. The van der Waals surface area contributed by atoms with Crippen molar-refractivity contribution in [3.8, 4) is 5.75 Å². The van der Waals surface area contributed by atoms with E-state index in [-0.39, 0.29) is 11.1 Å². The molecule has 1 saturated heterocycles. The first-order chi connectivity index (χ1) is 14.1. The molecule has 29 heavy (non-hydrogen) atoms. The van der Waals surface area contributed by atoms with Crippen LogP contribution in [-0.4, -0.2) is 33.8 Å². The molecule has 0 radical (unpaired) electrons. The standard InChI is InChI=1S/C22H19ClN2O3S/c1-2-25-21(26)20(29-22(25)27)13-15-14-24(19-6-4-3-5-18(15)19)11-12-28-17-9-7-16(23)8-10-17/h3-10,13-14H,2,11-12H2,1H3/b20-13-. The second-order valence-electron chi connectivity index (χ2n) is 6.52. The summed E-state index contributed by atoms with van der Waals surface area (Å²) >= 11 is 6.89. The minimum Gasteiger partial charge on any atom is -0.492 e. The summed E-state index contributed by atoms with van der Waals surface area (Å²) in [5.41, 5.74) is 1.96. The highest BCUT2D eigenvalue weighted by Gasteiger charge is 2.33. The van der Waals surface area contributed by atoms with E-state index < -0.39 is 0 Å². The molecule has 2 amide bonds. The van der Waals surface area contributed by atoms with Gasteiger partial charge in [-0.15, -0.1) is 0 Å². The molecule has 2 heterocycles. The number of rotatable bonds is 6. The van der Waals surface area contributed by atoms with Gasteiger partial charge in [0.2, 0.25) is 0 Å². The van der Waals surface area contributed by atoms with Gasteiger partial charge in [-0.3, -0.25) is 14.5 Å². The SMILES string of the molecule is CCN1C(=O)S/C(=C\c2cn(CCOc3ccc(Cl)cc3)c3ccccc23)C1=O. The summed E-state index contributed by atoms with van der Waals surface area (Å²) in [4.78, 5) is 26.1. The number of aromatic nitrogens is 1. The minimum absolute atomic E-state index is 0.219. The predicted molar refractivity (Wildman–Crippen MR) is 117 cm³/mol. The van der Waals surface area contributed by atoms with E-state index in [9.17, 15) is 9.59 Å². The van der Waals surface area contributed by atoms with Crippen molar-refractivity contribution in [2.45, 2.75) is 13.5 Å². The number of carbonyl (C=O) groups excluding carboxylic acids is 2. The third-order valence-corrected chi connectivity index (χ3v) is 5.87. The van der Waals surface area contributed by atoms with Crippen LogP contribution in [0.25, 0.3) is 17.0 Å². The number of thioether (sulfide) groups is 1. The number of para-hydroxylation sites is 1. The van der Waals surface area contributed by atoms with E-state index in [1.807, 2.05) is 42.6 Å². The lowest BCUT2D eigenvalue weighted by Gasteiger charge is -2.08. The van der Waals surface area contributed by atoms with E-state index in [1.54, 1.807) is 25.1 Å². The number of carbonyl (C=O) groups is 2. The van der Waals surface area contributed by atoms with E-state index in [1.165, 1.54) is 4.90 Å². The Kier molecular flexibility index (Phi) is 5.65. The van der Waals surface area contributed by atoms with Crippen LogP contribution in [0.15, 0.2) is 59.6 Å². The second kappa shape index (κ2) is 8.35. The van der Waals surface area contributed by atoms with Crippen molar-refractivity contribution in [2.24, 2.45) is 0 Å². The van der Waals surface area contributed by atoms with Crippen LogP contribution >= 0.6 is 23.4 Å². The number of imide groups is 1. The molecule has 1 aliphatic rings. The van der Waals surface area contributed by atoms with Gasteiger partial charge in [0.25, 0.3) is 11.1 Å². The smallest absolute Gasteiger partial charge is 0.293 e. The van der Waals surface area contributed by atoms with Crippen LogP contribution in [0, 0.1) is 0 Å². The van der Waals surface area contributed by atoms with E-state index in [0.717, 1.165) is 34.0 Å². The molecule has 0 saturated carbocycles. The van der Waals surface area contributed by atoms with Crippen LogP contribution in [0.3, 0.4) is 0 Å². The average molecular weight is 427 g/mol. The van der Waals surface area contributed by atoms with Crippen molar-refractivity contribution in [3.05, 3.63) is 70.2 Å². The van der Waals surface area contributed by atoms with Crippen molar-refractivity contribution in [1.82, 2.24) is 9.47 Å². The van der Waals surface area contributed by atoms with Gasteiger partial charge in [0.05, 0.1) is 11.4 Å². The van der Waals surface area contributed by atoms with Gasteiger partial charge < -0.3 is 9.30 Å². The maximum atomic E-state index is 12.4. The van der Waals surface area contributed by atoms with Gasteiger partial charge in [0.1, 0.15) is 12.4 Å². The van der Waals surface area contributed by atoms with E-state index in [0.29, 0.717) is 29.6 Å². The lowest BCUT2D eigenvalue weighted by Crippen LogP contribution is -2.27. The molecule has 2 aromatic carbocycles. The minimum atomic E-state index is -0.231. The molecule has 0 aliphatic carbocycles. The zero-order chi connectivity index (χ0) is 20.4. The highest BCUT2D eigenvalue weighted by molar-refractivity contribution is 8.18. The van der Waals surface area contributed by atoms with Crippen molar-refractivity contribution < 1.29 is 14.3 Å². The Bertz CT molecular complexity index is 1100. The molecule has 1 fully saturated rings. The Labute approximate surface area is 177 Å². The Morgan fingerprint density at radius 1 is 1.10 bits per heavy atom. The van der Waals surface area contributed by atoms with Crippen LogP contribution < -0.4 is 4.74 Å². The lowest BCUT2D eigenvalue weighted by atomic mass is 10.1. The molecule has 5 nitrogen and oxygen atoms in total. The number of halogens is 1. The van der Waals surface area contributed by atoms with Crippen molar-refractivity contribution in [1.29, 1.82) is 0 Å². The van der Waals surface area contributed by atoms with E-state index in [2.05, 4.69) is 4.57 Å². The monoisotopic (exact) mass is 426 g/mol. The number of amides is 2. The summed E-state index contributed by atoms with van der Waals surface area (Å²) in [6.45, 7) is 3.32. The third kappa shape index (κ3) is 4.04. The van der Waals surface area contributed by atoms with Crippen LogP contribution in [0.4, 0.5) is 4.79 Å². The van der Waals surface area contributed by atoms with Crippen LogP contribution in [0.5, 0.6) is 5.75 Å². The molecule has 0 bridgehead atoms. The molecule has 0 spiro atoms. The highest BCUT2D eigenvalue weighted by Crippen LogP contribution is 2.34. The quantitative estimate of drug-likeness (QED) is 0.493. The van der Waals surface area contributed by atoms with Gasteiger partial charge in [0.15, 0.2) is 0 Å². The molecule has 0 N–H and O–H groups in total. The second-order valence-corrected chi connectivity index (χ2v) is 7.95. The molecule has 148 valence electrons. The molecule has 0 unspecified atom stereocenters. The van der Waals surface area contributed by atoms with E-state index >= 15 is 0 Å². The Morgan fingerprint density at radius 3 is 2.59 bits per heavy atom. The number of ether oxygens (including phenoxy) is 1. The number of benzene rings is 2. The largest absolute Gasteiger partial charge is 0.492 e. The molecule has 1 aromatic heterocycles. The zero-order valence-corrected chi connectivity index (χ0v) is 17.4. The van der Waals surface area contributed by atoms with Gasteiger partial charge in [-0.25, -0.2) is 0 Å². The highest BCUT2D eigenvalue weighted by atomic mass is 35.5. The third-order valence-electron chi connectivity index (χ3n) is 4.71. The summed E-state index contributed by atoms with van der Waals surface area (Å²) in [6, 6.07) is 15.3. The fraction of sp³-hybridized carbons (Fsp3) is 0.182. The molecule has 4 rings (SSSR count). The van der Waals surface area contributed by atoms with Crippen LogP contribution in [-0.2, 0) is 11.3 Å². The van der Waals surface area contributed by atoms with Gasteiger partial charge in [0, 0.05) is 34.2 Å². The van der Waals surface area contributed by atoms with Crippen molar-refractivity contribution in [3.63, 3.8) is 0 Å². The number of hydrogen-bond donors (Lipinski definition) is 0. The first kappa shape index (κ1) is 19.6.